The first kappa shape index (κ1) is 10.5. The van der Waals surface area contributed by atoms with Crippen molar-refractivity contribution in [3.8, 4) is 11.4 Å². The van der Waals surface area contributed by atoms with Gasteiger partial charge in [0, 0.05) is 5.69 Å². The van der Waals surface area contributed by atoms with Gasteiger partial charge in [0.15, 0.2) is 11.5 Å². The van der Waals surface area contributed by atoms with E-state index < -0.39 is 5.82 Å². The maximum Gasteiger partial charge on any atom is 0.183 e. The summed E-state index contributed by atoms with van der Waals surface area (Å²) >= 11 is 0. The highest BCUT2D eigenvalue weighted by atomic mass is 19.1. The van der Waals surface area contributed by atoms with Gasteiger partial charge in [0.05, 0.1) is 5.56 Å². The summed E-state index contributed by atoms with van der Waals surface area (Å²) in [4.78, 5) is 14.8. The third kappa shape index (κ3) is 1.53. The first-order chi connectivity index (χ1) is 8.65. The van der Waals surface area contributed by atoms with Crippen LogP contribution in [0.3, 0.4) is 0 Å². The van der Waals surface area contributed by atoms with E-state index in [-0.39, 0.29) is 11.4 Å². The quantitative estimate of drug-likeness (QED) is 0.560. The summed E-state index contributed by atoms with van der Waals surface area (Å²) < 4.78 is 13.7. The molecule has 18 heavy (non-hydrogen) atoms. The van der Waals surface area contributed by atoms with Crippen LogP contribution in [-0.2, 0) is 0 Å². The predicted octanol–water partition coefficient (Wildman–Crippen LogP) is 1.32. The molecule has 3 aromatic rings. The van der Waals surface area contributed by atoms with Gasteiger partial charge in [-0.1, -0.05) is 0 Å². The van der Waals surface area contributed by atoms with Crippen LogP contribution in [0.15, 0.2) is 24.5 Å². The average Bonchev–Trinajstić information content (AvgIpc) is 2.77. The zero-order chi connectivity index (χ0) is 12.7. The molecule has 2 heterocycles. The molecule has 0 unspecified atom stereocenters. The Morgan fingerprint density at radius 1 is 1.17 bits per heavy atom. The van der Waals surface area contributed by atoms with Gasteiger partial charge in [0.2, 0.25) is 0 Å². The van der Waals surface area contributed by atoms with Crippen LogP contribution in [0.5, 0.6) is 0 Å². The van der Waals surface area contributed by atoms with Crippen molar-refractivity contribution in [3.05, 3.63) is 30.3 Å². The fourth-order valence-corrected chi connectivity index (χ4v) is 1.70. The molecule has 0 fully saturated rings. The fraction of sp³-hybridized carbons (Fsp3) is 0. The first-order valence-corrected chi connectivity index (χ1v) is 5.17. The number of halogens is 1. The lowest BCUT2D eigenvalue weighted by atomic mass is 10.2. The molecule has 0 atom stereocenters. The maximum atomic E-state index is 13.7. The molecular formula is C11H9FN6. The Bertz CT molecular complexity index is 735. The summed E-state index contributed by atoms with van der Waals surface area (Å²) in [6.07, 6.45) is 1.30. The number of nitrogens with zero attached hydrogens (tertiary/aromatic N) is 3. The summed E-state index contributed by atoms with van der Waals surface area (Å²) in [5.41, 5.74) is 12.9. The van der Waals surface area contributed by atoms with Crippen molar-refractivity contribution in [3.63, 3.8) is 0 Å². The van der Waals surface area contributed by atoms with Gasteiger partial charge < -0.3 is 16.5 Å². The Hall–Kier alpha value is -2.70. The number of aromatic nitrogens is 4. The molecule has 0 amide bonds. The van der Waals surface area contributed by atoms with Gasteiger partial charge in [-0.15, -0.1) is 0 Å². The molecule has 90 valence electrons. The monoisotopic (exact) mass is 244 g/mol. The number of nitrogens with one attached hydrogen (secondary N) is 1. The van der Waals surface area contributed by atoms with Crippen LogP contribution in [0.2, 0.25) is 0 Å². The Labute approximate surface area is 101 Å². The van der Waals surface area contributed by atoms with E-state index >= 15 is 0 Å². The van der Waals surface area contributed by atoms with Crippen molar-refractivity contribution < 1.29 is 4.39 Å². The zero-order valence-electron chi connectivity index (χ0n) is 9.18. The van der Waals surface area contributed by atoms with E-state index in [1.54, 1.807) is 0 Å². The summed E-state index contributed by atoms with van der Waals surface area (Å²) in [6.45, 7) is 0. The van der Waals surface area contributed by atoms with E-state index in [1.807, 2.05) is 0 Å². The highest BCUT2D eigenvalue weighted by Crippen LogP contribution is 2.25. The minimum absolute atomic E-state index is 0.267. The number of hydrogen-bond acceptors (Lipinski definition) is 5. The molecule has 3 rings (SSSR count). The van der Waals surface area contributed by atoms with Crippen molar-refractivity contribution in [2.45, 2.75) is 0 Å². The number of H-pyrrole nitrogens is 1. The second-order valence-electron chi connectivity index (χ2n) is 3.78. The van der Waals surface area contributed by atoms with Gasteiger partial charge in [0.1, 0.15) is 23.5 Å². The van der Waals surface area contributed by atoms with Crippen LogP contribution in [0, 0.1) is 5.82 Å². The minimum atomic E-state index is -0.421. The molecule has 0 radical (unpaired) electrons. The van der Waals surface area contributed by atoms with Gasteiger partial charge in [0.25, 0.3) is 0 Å². The molecule has 1 aromatic carbocycles. The summed E-state index contributed by atoms with van der Waals surface area (Å²) in [6, 6.07) is 4.26. The number of fused-ring (bicyclic) bond motifs is 1. The third-order valence-electron chi connectivity index (χ3n) is 2.56. The van der Waals surface area contributed by atoms with Crippen molar-refractivity contribution >= 4 is 22.7 Å². The second-order valence-corrected chi connectivity index (χ2v) is 3.78. The smallest absolute Gasteiger partial charge is 0.183 e. The molecule has 7 heteroatoms. The number of nitrogen functional groups attached to an aromatic ring is 2. The molecule has 0 aliphatic carbocycles. The maximum absolute atomic E-state index is 13.7. The van der Waals surface area contributed by atoms with E-state index in [4.69, 9.17) is 11.5 Å². The summed E-state index contributed by atoms with van der Waals surface area (Å²) in [7, 11) is 0. The lowest BCUT2D eigenvalue weighted by Crippen LogP contribution is -1.92. The molecule has 0 aliphatic heterocycles. The van der Waals surface area contributed by atoms with Crippen molar-refractivity contribution in [2.24, 2.45) is 0 Å². The Morgan fingerprint density at radius 2 is 2.00 bits per heavy atom. The molecule has 5 N–H and O–H groups in total. The van der Waals surface area contributed by atoms with E-state index in [1.165, 1.54) is 24.5 Å². The highest BCUT2D eigenvalue weighted by Gasteiger charge is 2.12. The Balaban J connectivity index is 2.26. The number of imidazole rings is 1. The largest absolute Gasteiger partial charge is 0.399 e. The van der Waals surface area contributed by atoms with Crippen LogP contribution in [-0.4, -0.2) is 19.9 Å². The van der Waals surface area contributed by atoms with Crippen LogP contribution in [0.1, 0.15) is 0 Å². The zero-order valence-corrected chi connectivity index (χ0v) is 9.18. The number of hydrogen-bond donors (Lipinski definition) is 3. The predicted molar refractivity (Wildman–Crippen MR) is 65.9 cm³/mol. The highest BCUT2D eigenvalue weighted by molar-refractivity contribution is 5.84. The lowest BCUT2D eigenvalue weighted by molar-refractivity contribution is 0.630. The van der Waals surface area contributed by atoms with E-state index in [0.717, 1.165) is 0 Å². The molecule has 0 bridgehead atoms. The standard InChI is InChI=1S/C11H9FN6/c12-7-2-1-5(13)3-6(7)10-17-8-9(14)15-4-16-11(8)18-10/h1-4H,13H2,(H3,14,15,16,17,18). The topological polar surface area (TPSA) is 106 Å². The van der Waals surface area contributed by atoms with Crippen molar-refractivity contribution in [1.29, 1.82) is 0 Å². The van der Waals surface area contributed by atoms with E-state index in [2.05, 4.69) is 19.9 Å². The van der Waals surface area contributed by atoms with Gasteiger partial charge >= 0.3 is 0 Å². The molecule has 0 saturated carbocycles. The van der Waals surface area contributed by atoms with E-state index in [9.17, 15) is 4.39 Å². The first-order valence-electron chi connectivity index (χ1n) is 5.17. The fourth-order valence-electron chi connectivity index (χ4n) is 1.70. The number of aromatic amines is 1. The summed E-state index contributed by atoms with van der Waals surface area (Å²) in [5, 5.41) is 0. The average molecular weight is 244 g/mol. The van der Waals surface area contributed by atoms with Crippen LogP contribution >= 0.6 is 0 Å². The molecule has 2 aromatic heterocycles. The summed E-state index contributed by atoms with van der Waals surface area (Å²) in [5.74, 6) is 0.167. The van der Waals surface area contributed by atoms with Gasteiger partial charge in [-0.2, -0.15) is 0 Å². The van der Waals surface area contributed by atoms with Gasteiger partial charge in [-0.05, 0) is 18.2 Å². The number of rotatable bonds is 1. The molecule has 0 spiro atoms. The molecule has 6 nitrogen and oxygen atoms in total. The Morgan fingerprint density at radius 3 is 2.78 bits per heavy atom. The third-order valence-corrected chi connectivity index (χ3v) is 2.56. The molecule has 0 aliphatic rings. The Kier molecular flexibility index (Phi) is 2.12. The SMILES string of the molecule is Nc1ccc(F)c(-c2nc3ncnc(N)c3[nH]2)c1. The van der Waals surface area contributed by atoms with Crippen molar-refractivity contribution in [2.75, 3.05) is 11.5 Å². The second kappa shape index (κ2) is 3.66. The lowest BCUT2D eigenvalue weighted by Gasteiger charge is -2.00. The molecular weight excluding hydrogens is 235 g/mol. The van der Waals surface area contributed by atoms with Gasteiger partial charge in [-0.3, -0.25) is 0 Å². The molecule has 0 saturated heterocycles. The van der Waals surface area contributed by atoms with E-state index in [0.29, 0.717) is 22.7 Å². The van der Waals surface area contributed by atoms with Gasteiger partial charge in [-0.25, -0.2) is 19.3 Å². The number of anilines is 2. The minimum Gasteiger partial charge on any atom is -0.399 e. The van der Waals surface area contributed by atoms with Crippen molar-refractivity contribution in [1.82, 2.24) is 19.9 Å². The van der Waals surface area contributed by atoms with Crippen LogP contribution in [0.4, 0.5) is 15.9 Å². The normalized spacial score (nSPS) is 10.9. The number of nitrogens with two attached hydrogens (primary N) is 2. The number of benzene rings is 1. The van der Waals surface area contributed by atoms with Crippen LogP contribution < -0.4 is 11.5 Å². The van der Waals surface area contributed by atoms with Crippen LogP contribution in [0.25, 0.3) is 22.6 Å².